The fourth-order valence-electron chi connectivity index (χ4n) is 2.92. The molecule has 0 spiro atoms. The van der Waals surface area contributed by atoms with Crippen LogP contribution in [0.15, 0.2) is 0 Å². The van der Waals surface area contributed by atoms with E-state index in [2.05, 4.69) is 37.5 Å². The quantitative estimate of drug-likeness (QED) is 0.602. The van der Waals surface area contributed by atoms with Crippen LogP contribution >= 0.6 is 0 Å². The van der Waals surface area contributed by atoms with Gasteiger partial charge in [-0.1, -0.05) is 34.1 Å². The van der Waals surface area contributed by atoms with E-state index in [0.29, 0.717) is 12.3 Å². The summed E-state index contributed by atoms with van der Waals surface area (Å²) < 4.78 is 0. The van der Waals surface area contributed by atoms with Gasteiger partial charge in [0.2, 0.25) is 5.91 Å². The summed E-state index contributed by atoms with van der Waals surface area (Å²) in [7, 11) is 0. The van der Waals surface area contributed by atoms with Crippen molar-refractivity contribution in [2.24, 2.45) is 5.41 Å². The molecule has 21 heavy (non-hydrogen) atoms. The molecule has 0 aromatic carbocycles. The third kappa shape index (κ3) is 8.45. The van der Waals surface area contributed by atoms with Crippen molar-refractivity contribution in [1.82, 2.24) is 9.80 Å². The molecule has 0 N–H and O–H groups in total. The zero-order valence-electron chi connectivity index (χ0n) is 14.8. The Morgan fingerprint density at radius 3 is 2.24 bits per heavy atom. The minimum Gasteiger partial charge on any atom is -0.343 e. The van der Waals surface area contributed by atoms with Crippen molar-refractivity contribution in [2.45, 2.75) is 72.6 Å². The molecule has 0 saturated carbocycles. The largest absolute Gasteiger partial charge is 0.343 e. The number of carbonyl (C=O) groups is 1. The molecule has 1 heterocycles. The van der Waals surface area contributed by atoms with E-state index >= 15 is 0 Å². The molecule has 0 aromatic rings. The Bertz CT molecular complexity index is 290. The second-order valence-electron chi connectivity index (χ2n) is 7.73. The summed E-state index contributed by atoms with van der Waals surface area (Å²) in [6.45, 7) is 14.3. The first-order valence-electron chi connectivity index (χ1n) is 8.92. The predicted molar refractivity (Wildman–Crippen MR) is 90.5 cm³/mol. The SMILES string of the molecule is CCCCN(CCCCN1CCCC1)C(=O)CC(C)(C)C. The van der Waals surface area contributed by atoms with E-state index in [9.17, 15) is 4.79 Å². The van der Waals surface area contributed by atoms with E-state index < -0.39 is 0 Å². The van der Waals surface area contributed by atoms with Gasteiger partial charge in [0.05, 0.1) is 0 Å². The molecule has 3 nitrogen and oxygen atoms in total. The van der Waals surface area contributed by atoms with Crippen LogP contribution < -0.4 is 0 Å². The molecule has 0 radical (unpaired) electrons. The Hall–Kier alpha value is -0.570. The molecule has 124 valence electrons. The highest BCUT2D eigenvalue weighted by Crippen LogP contribution is 2.20. The van der Waals surface area contributed by atoms with Gasteiger partial charge in [0.25, 0.3) is 0 Å². The third-order valence-corrected chi connectivity index (χ3v) is 4.17. The minimum atomic E-state index is 0.0943. The molecule has 0 aromatic heterocycles. The van der Waals surface area contributed by atoms with Gasteiger partial charge in [0.1, 0.15) is 0 Å². The monoisotopic (exact) mass is 296 g/mol. The third-order valence-electron chi connectivity index (χ3n) is 4.17. The highest BCUT2D eigenvalue weighted by molar-refractivity contribution is 5.76. The first kappa shape index (κ1) is 18.5. The van der Waals surface area contributed by atoms with Crippen LogP contribution in [0.25, 0.3) is 0 Å². The molecule has 3 heteroatoms. The molecule has 0 unspecified atom stereocenters. The molecule has 1 rings (SSSR count). The highest BCUT2D eigenvalue weighted by Gasteiger charge is 2.20. The average molecular weight is 296 g/mol. The summed E-state index contributed by atoms with van der Waals surface area (Å²) in [5.41, 5.74) is 0.0943. The topological polar surface area (TPSA) is 23.6 Å². The van der Waals surface area contributed by atoms with Crippen molar-refractivity contribution in [3.63, 3.8) is 0 Å². The zero-order chi connectivity index (χ0) is 15.7. The van der Waals surface area contributed by atoms with Crippen LogP contribution in [0.2, 0.25) is 0 Å². The van der Waals surface area contributed by atoms with Crippen molar-refractivity contribution in [2.75, 3.05) is 32.7 Å². The normalized spacial score (nSPS) is 16.4. The maximum Gasteiger partial charge on any atom is 0.223 e. The van der Waals surface area contributed by atoms with Crippen LogP contribution in [0.1, 0.15) is 72.6 Å². The van der Waals surface area contributed by atoms with Gasteiger partial charge in [-0.15, -0.1) is 0 Å². The Labute approximate surface area is 132 Å². The van der Waals surface area contributed by atoms with Gasteiger partial charge in [-0.05, 0) is 57.2 Å². The van der Waals surface area contributed by atoms with Crippen molar-refractivity contribution >= 4 is 5.91 Å². The Morgan fingerprint density at radius 1 is 1.05 bits per heavy atom. The number of carbonyl (C=O) groups excluding carboxylic acids is 1. The van der Waals surface area contributed by atoms with Gasteiger partial charge in [0.15, 0.2) is 0 Å². The summed E-state index contributed by atoms with van der Waals surface area (Å²) in [5, 5.41) is 0. The lowest BCUT2D eigenvalue weighted by Crippen LogP contribution is -2.35. The molecule has 1 fully saturated rings. The minimum absolute atomic E-state index is 0.0943. The van der Waals surface area contributed by atoms with E-state index in [0.717, 1.165) is 32.4 Å². The standard InChI is InChI=1S/C18H36N2O/c1-5-6-14-20(17(21)16-18(2,3)4)15-10-9-13-19-11-7-8-12-19/h5-16H2,1-4H3. The highest BCUT2D eigenvalue weighted by atomic mass is 16.2. The fourth-order valence-corrected chi connectivity index (χ4v) is 2.92. The molecule has 1 amide bonds. The first-order chi connectivity index (χ1) is 9.92. The van der Waals surface area contributed by atoms with Gasteiger partial charge in [-0.2, -0.15) is 0 Å². The van der Waals surface area contributed by atoms with Crippen LogP contribution in [0.4, 0.5) is 0 Å². The summed E-state index contributed by atoms with van der Waals surface area (Å²) in [4.78, 5) is 17.1. The van der Waals surface area contributed by atoms with Crippen LogP contribution in [0.5, 0.6) is 0 Å². The maximum atomic E-state index is 12.4. The number of unbranched alkanes of at least 4 members (excludes halogenated alkanes) is 2. The van der Waals surface area contributed by atoms with Gasteiger partial charge >= 0.3 is 0 Å². The number of nitrogens with zero attached hydrogens (tertiary/aromatic N) is 2. The molecule has 1 aliphatic rings. The van der Waals surface area contributed by atoms with Crippen LogP contribution in [0.3, 0.4) is 0 Å². The maximum absolute atomic E-state index is 12.4. The van der Waals surface area contributed by atoms with Crippen LogP contribution in [-0.2, 0) is 4.79 Å². The molecule has 0 aliphatic carbocycles. The van der Waals surface area contributed by atoms with E-state index in [4.69, 9.17) is 0 Å². The van der Waals surface area contributed by atoms with Crippen molar-refractivity contribution in [3.05, 3.63) is 0 Å². The lowest BCUT2D eigenvalue weighted by molar-refractivity contribution is -0.133. The van der Waals surface area contributed by atoms with E-state index in [1.54, 1.807) is 0 Å². The van der Waals surface area contributed by atoms with Crippen molar-refractivity contribution < 1.29 is 4.79 Å². The fraction of sp³-hybridized carbons (Fsp3) is 0.944. The van der Waals surface area contributed by atoms with Gasteiger partial charge < -0.3 is 9.80 Å². The number of likely N-dealkylation sites (tertiary alicyclic amines) is 1. The molecular formula is C18H36N2O. The molecule has 1 aliphatic heterocycles. The number of rotatable bonds is 9. The van der Waals surface area contributed by atoms with Crippen LogP contribution in [0, 0.1) is 5.41 Å². The Balaban J connectivity index is 2.29. The smallest absolute Gasteiger partial charge is 0.223 e. The van der Waals surface area contributed by atoms with Gasteiger partial charge in [-0.25, -0.2) is 0 Å². The first-order valence-corrected chi connectivity index (χ1v) is 8.92. The van der Waals surface area contributed by atoms with E-state index in [1.807, 2.05) is 0 Å². The average Bonchev–Trinajstić information content (AvgIpc) is 2.88. The summed E-state index contributed by atoms with van der Waals surface area (Å²) in [5.74, 6) is 0.345. The molecular weight excluding hydrogens is 260 g/mol. The lowest BCUT2D eigenvalue weighted by atomic mass is 9.91. The van der Waals surface area contributed by atoms with Gasteiger partial charge in [-0.3, -0.25) is 4.79 Å². The second-order valence-corrected chi connectivity index (χ2v) is 7.73. The number of hydrogen-bond acceptors (Lipinski definition) is 2. The van der Waals surface area contributed by atoms with Crippen LogP contribution in [-0.4, -0.2) is 48.4 Å². The van der Waals surface area contributed by atoms with Gasteiger partial charge in [0, 0.05) is 19.5 Å². The van der Waals surface area contributed by atoms with Crippen molar-refractivity contribution in [3.8, 4) is 0 Å². The molecule has 0 bridgehead atoms. The van der Waals surface area contributed by atoms with E-state index in [-0.39, 0.29) is 5.41 Å². The Kier molecular flexibility index (Phi) is 8.31. The predicted octanol–water partition coefficient (Wildman–Crippen LogP) is 3.93. The molecule has 1 saturated heterocycles. The second kappa shape index (κ2) is 9.45. The zero-order valence-corrected chi connectivity index (χ0v) is 14.8. The summed E-state index contributed by atoms with van der Waals surface area (Å²) >= 11 is 0. The number of amides is 1. The molecule has 0 atom stereocenters. The Morgan fingerprint density at radius 2 is 1.67 bits per heavy atom. The lowest BCUT2D eigenvalue weighted by Gasteiger charge is -2.27. The van der Waals surface area contributed by atoms with Crippen molar-refractivity contribution in [1.29, 1.82) is 0 Å². The van der Waals surface area contributed by atoms with E-state index in [1.165, 1.54) is 38.9 Å². The summed E-state index contributed by atoms with van der Waals surface area (Å²) in [6, 6.07) is 0. The summed E-state index contributed by atoms with van der Waals surface area (Å²) in [6.07, 6.45) is 8.07. The number of hydrogen-bond donors (Lipinski definition) is 0.